The lowest BCUT2D eigenvalue weighted by molar-refractivity contribution is 0.0145. The van der Waals surface area contributed by atoms with Crippen molar-refractivity contribution in [1.82, 2.24) is 9.21 Å². The highest BCUT2D eigenvalue weighted by molar-refractivity contribution is 7.89. The first kappa shape index (κ1) is 23.5. The van der Waals surface area contributed by atoms with Crippen molar-refractivity contribution in [2.24, 2.45) is 5.73 Å². The highest BCUT2D eigenvalue weighted by Gasteiger charge is 2.44. The van der Waals surface area contributed by atoms with E-state index < -0.39 is 27.6 Å². The van der Waals surface area contributed by atoms with Crippen LogP contribution in [-0.4, -0.2) is 60.4 Å². The van der Waals surface area contributed by atoms with Crippen molar-refractivity contribution in [3.63, 3.8) is 0 Å². The Morgan fingerprint density at radius 1 is 1.06 bits per heavy atom. The normalized spacial score (nSPS) is 23.0. The molecule has 2 saturated heterocycles. The molecule has 0 saturated carbocycles. The molecule has 2 aliphatic rings. The quantitative estimate of drug-likeness (QED) is 0.757. The number of likely N-dealkylation sites (tertiary alicyclic amines) is 1. The highest BCUT2D eigenvalue weighted by Crippen LogP contribution is 2.34. The topological polar surface area (TPSA) is 110 Å². The smallest absolute Gasteiger partial charge is 0.410 e. The Hall–Kier alpha value is -2.13. The molecule has 31 heavy (non-hydrogen) atoms. The minimum absolute atomic E-state index is 0.0561. The fourth-order valence-electron chi connectivity index (χ4n) is 4.52. The maximum Gasteiger partial charge on any atom is 0.410 e. The summed E-state index contributed by atoms with van der Waals surface area (Å²) in [4.78, 5) is 26.3. The molecule has 3 rings (SSSR count). The molecule has 0 radical (unpaired) electrons. The summed E-state index contributed by atoms with van der Waals surface area (Å²) in [5.41, 5.74) is 5.65. The number of carbonyl (C=O) groups excluding carboxylic acids is 2. The van der Waals surface area contributed by atoms with Crippen LogP contribution < -0.4 is 5.73 Å². The Morgan fingerprint density at radius 2 is 1.74 bits per heavy atom. The number of nitrogens with two attached hydrogens (primary N) is 1. The molecule has 2 unspecified atom stereocenters. The summed E-state index contributed by atoms with van der Waals surface area (Å²) in [5, 5.41) is 0. The van der Waals surface area contributed by atoms with Crippen LogP contribution in [0, 0.1) is 6.92 Å². The van der Waals surface area contributed by atoms with E-state index in [1.54, 1.807) is 17.9 Å². The van der Waals surface area contributed by atoms with Crippen LogP contribution in [0.25, 0.3) is 0 Å². The number of rotatable bonds is 4. The van der Waals surface area contributed by atoms with Gasteiger partial charge in [0.15, 0.2) is 0 Å². The van der Waals surface area contributed by atoms with Crippen molar-refractivity contribution in [2.75, 3.05) is 13.1 Å². The van der Waals surface area contributed by atoms with E-state index >= 15 is 0 Å². The van der Waals surface area contributed by atoms with Crippen LogP contribution in [0.2, 0.25) is 0 Å². The molecule has 2 aliphatic heterocycles. The summed E-state index contributed by atoms with van der Waals surface area (Å²) < 4.78 is 34.3. The van der Waals surface area contributed by atoms with Gasteiger partial charge in [0.1, 0.15) is 5.60 Å². The van der Waals surface area contributed by atoms with E-state index in [1.807, 2.05) is 20.8 Å². The van der Waals surface area contributed by atoms with Crippen molar-refractivity contribution in [2.45, 2.75) is 82.4 Å². The lowest BCUT2D eigenvalue weighted by Crippen LogP contribution is -2.55. The zero-order valence-electron chi connectivity index (χ0n) is 18.8. The number of hydrogen-bond donors (Lipinski definition) is 1. The van der Waals surface area contributed by atoms with Gasteiger partial charge in [-0.05, 0) is 71.1 Å². The first-order chi connectivity index (χ1) is 14.4. The summed E-state index contributed by atoms with van der Waals surface area (Å²) in [5.74, 6) is -0.656. The fourth-order valence-corrected chi connectivity index (χ4v) is 6.27. The number of hydrogen-bond acceptors (Lipinski definition) is 5. The van der Waals surface area contributed by atoms with Gasteiger partial charge in [0, 0.05) is 24.7 Å². The molecule has 172 valence electrons. The maximum atomic E-state index is 13.6. The molecule has 0 spiro atoms. The van der Waals surface area contributed by atoms with Crippen molar-refractivity contribution < 1.29 is 22.7 Å². The van der Waals surface area contributed by atoms with E-state index in [9.17, 15) is 18.0 Å². The third kappa shape index (κ3) is 5.03. The molecular weight excluding hydrogens is 418 g/mol. The molecule has 9 heteroatoms. The van der Waals surface area contributed by atoms with Gasteiger partial charge in [-0.15, -0.1) is 0 Å². The Balaban J connectivity index is 1.92. The van der Waals surface area contributed by atoms with Crippen molar-refractivity contribution in [1.29, 1.82) is 0 Å². The van der Waals surface area contributed by atoms with Gasteiger partial charge in [0.2, 0.25) is 15.9 Å². The second-order valence-electron chi connectivity index (χ2n) is 9.40. The lowest BCUT2D eigenvalue weighted by atomic mass is 9.96. The van der Waals surface area contributed by atoms with Crippen LogP contribution in [0.5, 0.6) is 0 Å². The summed E-state index contributed by atoms with van der Waals surface area (Å²) in [6, 6.07) is 3.93. The maximum absolute atomic E-state index is 13.6. The van der Waals surface area contributed by atoms with Crippen molar-refractivity contribution in [3.8, 4) is 0 Å². The number of carbonyl (C=O) groups is 2. The molecule has 1 aromatic rings. The first-order valence-corrected chi connectivity index (χ1v) is 12.3. The zero-order chi connectivity index (χ0) is 23.0. The predicted molar refractivity (Wildman–Crippen MR) is 117 cm³/mol. The Kier molecular flexibility index (Phi) is 6.67. The first-order valence-electron chi connectivity index (χ1n) is 10.8. The summed E-state index contributed by atoms with van der Waals surface area (Å²) in [7, 11) is -3.86. The van der Waals surface area contributed by atoms with Gasteiger partial charge in [-0.1, -0.05) is 12.5 Å². The van der Waals surface area contributed by atoms with Crippen molar-refractivity contribution >= 4 is 22.0 Å². The standard InChI is InChI=1S/C22H33N3O5S/c1-15-10-11-16(14-17(15)20(23)26)31(28,29)25-13-6-5-8-19(25)18-9-7-12-24(18)21(27)30-22(2,3)4/h10-11,14,18-19H,5-9,12-13H2,1-4H3,(H2,23,26). The van der Waals surface area contributed by atoms with Crippen LogP contribution >= 0.6 is 0 Å². The van der Waals surface area contributed by atoms with E-state index in [0.29, 0.717) is 25.1 Å². The molecule has 2 N–H and O–H groups in total. The van der Waals surface area contributed by atoms with Gasteiger partial charge in [0.05, 0.1) is 10.9 Å². The average molecular weight is 452 g/mol. The van der Waals surface area contributed by atoms with Gasteiger partial charge in [0.25, 0.3) is 0 Å². The molecule has 0 aliphatic carbocycles. The molecule has 2 fully saturated rings. The average Bonchev–Trinajstić information content (AvgIpc) is 3.16. The molecule has 0 aromatic heterocycles. The number of benzene rings is 1. The third-order valence-corrected chi connectivity index (χ3v) is 7.87. The van der Waals surface area contributed by atoms with Crippen LogP contribution in [0.4, 0.5) is 4.79 Å². The molecular formula is C22H33N3O5S. The van der Waals surface area contributed by atoms with E-state index in [-0.39, 0.29) is 22.5 Å². The van der Waals surface area contributed by atoms with Crippen LogP contribution in [0.3, 0.4) is 0 Å². The zero-order valence-corrected chi connectivity index (χ0v) is 19.6. The SMILES string of the molecule is Cc1ccc(S(=O)(=O)N2CCCCC2C2CCCN2C(=O)OC(C)(C)C)cc1C(N)=O. The van der Waals surface area contributed by atoms with Crippen LogP contribution in [-0.2, 0) is 14.8 Å². The van der Waals surface area contributed by atoms with Gasteiger partial charge in [-0.3, -0.25) is 4.79 Å². The third-order valence-electron chi connectivity index (χ3n) is 5.95. The Labute approximate surface area is 184 Å². The van der Waals surface area contributed by atoms with Crippen molar-refractivity contribution in [3.05, 3.63) is 29.3 Å². The number of aryl methyl sites for hydroxylation is 1. The monoisotopic (exact) mass is 451 g/mol. The lowest BCUT2D eigenvalue weighted by Gasteiger charge is -2.41. The van der Waals surface area contributed by atoms with Crippen LogP contribution in [0.1, 0.15) is 68.8 Å². The number of sulfonamides is 1. The van der Waals surface area contributed by atoms with E-state index in [1.165, 1.54) is 16.4 Å². The number of ether oxygens (including phenoxy) is 1. The van der Waals surface area contributed by atoms with Gasteiger partial charge in [-0.2, -0.15) is 4.31 Å². The van der Waals surface area contributed by atoms with Gasteiger partial charge in [-0.25, -0.2) is 13.2 Å². The molecule has 1 aromatic carbocycles. The number of amides is 2. The molecule has 8 nitrogen and oxygen atoms in total. The largest absolute Gasteiger partial charge is 0.444 e. The number of primary amides is 1. The minimum atomic E-state index is -3.86. The Bertz CT molecular complexity index is 954. The molecule has 0 bridgehead atoms. The predicted octanol–water partition coefficient (Wildman–Crippen LogP) is 3.04. The van der Waals surface area contributed by atoms with Crippen LogP contribution in [0.15, 0.2) is 23.1 Å². The molecule has 2 heterocycles. The summed E-state index contributed by atoms with van der Waals surface area (Å²) in [6.07, 6.45) is 3.47. The second-order valence-corrected chi connectivity index (χ2v) is 11.3. The number of nitrogens with zero attached hydrogens (tertiary/aromatic N) is 2. The molecule has 2 atom stereocenters. The van der Waals surface area contributed by atoms with E-state index in [4.69, 9.17) is 10.5 Å². The summed E-state index contributed by atoms with van der Waals surface area (Å²) in [6.45, 7) is 8.12. The van der Waals surface area contributed by atoms with Gasteiger partial charge >= 0.3 is 6.09 Å². The number of piperidine rings is 1. The fraction of sp³-hybridized carbons (Fsp3) is 0.636. The van der Waals surface area contributed by atoms with E-state index in [0.717, 1.165) is 25.7 Å². The van der Waals surface area contributed by atoms with E-state index in [2.05, 4.69) is 0 Å². The van der Waals surface area contributed by atoms with Gasteiger partial charge < -0.3 is 15.4 Å². The summed E-state index contributed by atoms with van der Waals surface area (Å²) >= 11 is 0. The second kappa shape index (κ2) is 8.78. The molecule has 2 amide bonds. The highest BCUT2D eigenvalue weighted by atomic mass is 32.2. The minimum Gasteiger partial charge on any atom is -0.444 e. The Morgan fingerprint density at radius 3 is 2.39 bits per heavy atom.